The molecule has 0 bridgehead atoms. The van der Waals surface area contributed by atoms with Crippen molar-refractivity contribution < 1.29 is 9.53 Å². The molecule has 1 rings (SSSR count). The Morgan fingerprint density at radius 2 is 2.06 bits per heavy atom. The van der Waals surface area contributed by atoms with Gasteiger partial charge in [0.2, 0.25) is 0 Å². The molecule has 0 aromatic carbocycles. The molecule has 1 heterocycles. The molecule has 1 amide bonds. The number of amides is 1. The highest BCUT2D eigenvalue weighted by atomic mass is 16.6. The highest BCUT2D eigenvalue weighted by molar-refractivity contribution is 5.84. The summed E-state index contributed by atoms with van der Waals surface area (Å²) in [6, 6.07) is 3.00. The van der Waals surface area contributed by atoms with Crippen molar-refractivity contribution >= 4 is 11.8 Å². The Morgan fingerprint density at radius 1 is 1.39 bits per heavy atom. The summed E-state index contributed by atoms with van der Waals surface area (Å²) in [5, 5.41) is 2.60. The number of ether oxygens (including phenoxy) is 1. The number of rotatable bonds is 3. The average molecular weight is 252 g/mol. The number of carbonyl (C=O) groups is 1. The summed E-state index contributed by atoms with van der Waals surface area (Å²) < 4.78 is 6.70. The van der Waals surface area contributed by atoms with Gasteiger partial charge in [0, 0.05) is 18.8 Å². The Morgan fingerprint density at radius 3 is 2.61 bits per heavy atom. The van der Waals surface area contributed by atoms with Crippen LogP contribution in [-0.4, -0.2) is 16.3 Å². The predicted octanol–water partition coefficient (Wildman–Crippen LogP) is 2.61. The van der Waals surface area contributed by atoms with Gasteiger partial charge >= 0.3 is 6.09 Å². The van der Waals surface area contributed by atoms with Crippen LogP contribution in [-0.2, 0) is 11.3 Å². The van der Waals surface area contributed by atoms with Crippen LogP contribution in [0.5, 0.6) is 0 Å². The summed E-state index contributed by atoms with van der Waals surface area (Å²) in [5.41, 5.74) is -0.0639. The average Bonchev–Trinajstić information content (AvgIpc) is 2.20. The van der Waals surface area contributed by atoms with Crippen LogP contribution in [0.1, 0.15) is 34.1 Å². The standard InChI is InChI=1S/C13H20N2O3/c1-5-8-15-9-10(6-7-11(15)16)14-12(17)18-13(2,3)4/h6-7,9H,5,8H2,1-4H3,(H,14,17). The van der Waals surface area contributed by atoms with E-state index in [9.17, 15) is 9.59 Å². The highest BCUT2D eigenvalue weighted by Gasteiger charge is 2.16. The molecule has 0 aliphatic heterocycles. The van der Waals surface area contributed by atoms with Gasteiger partial charge in [0.05, 0.1) is 5.69 Å². The van der Waals surface area contributed by atoms with Crippen molar-refractivity contribution in [2.45, 2.75) is 46.3 Å². The van der Waals surface area contributed by atoms with Gasteiger partial charge in [0.15, 0.2) is 0 Å². The molecule has 0 unspecified atom stereocenters. The smallest absolute Gasteiger partial charge is 0.412 e. The third-order valence-corrected chi connectivity index (χ3v) is 2.09. The van der Waals surface area contributed by atoms with Gasteiger partial charge in [-0.1, -0.05) is 6.92 Å². The van der Waals surface area contributed by atoms with Gasteiger partial charge in [-0.3, -0.25) is 10.1 Å². The molecule has 0 saturated heterocycles. The van der Waals surface area contributed by atoms with Crippen molar-refractivity contribution in [1.29, 1.82) is 0 Å². The Hall–Kier alpha value is -1.78. The summed E-state index contributed by atoms with van der Waals surface area (Å²) in [5.74, 6) is 0. The van der Waals surface area contributed by atoms with Gasteiger partial charge in [-0.05, 0) is 33.3 Å². The second kappa shape index (κ2) is 5.71. The predicted molar refractivity (Wildman–Crippen MR) is 70.8 cm³/mol. The lowest BCUT2D eigenvalue weighted by Gasteiger charge is -2.19. The van der Waals surface area contributed by atoms with Crippen LogP contribution in [0.4, 0.5) is 10.5 Å². The fourth-order valence-corrected chi connectivity index (χ4v) is 1.44. The van der Waals surface area contributed by atoms with E-state index in [1.807, 2.05) is 6.92 Å². The summed E-state index contributed by atoms with van der Waals surface area (Å²) in [7, 11) is 0. The van der Waals surface area contributed by atoms with Crippen LogP contribution in [0.25, 0.3) is 0 Å². The number of hydrogen-bond acceptors (Lipinski definition) is 3. The number of pyridine rings is 1. The minimum absolute atomic E-state index is 0.0772. The van der Waals surface area contributed by atoms with Crippen LogP contribution in [0, 0.1) is 0 Å². The van der Waals surface area contributed by atoms with E-state index in [4.69, 9.17) is 4.74 Å². The van der Waals surface area contributed by atoms with Crippen molar-refractivity contribution in [3.8, 4) is 0 Å². The highest BCUT2D eigenvalue weighted by Crippen LogP contribution is 2.10. The van der Waals surface area contributed by atoms with Gasteiger partial charge in [0.25, 0.3) is 5.56 Å². The van der Waals surface area contributed by atoms with Gasteiger partial charge in [-0.15, -0.1) is 0 Å². The molecular formula is C13H20N2O3. The topological polar surface area (TPSA) is 60.3 Å². The second-order valence-corrected chi connectivity index (χ2v) is 5.08. The van der Waals surface area contributed by atoms with Crippen LogP contribution >= 0.6 is 0 Å². The van der Waals surface area contributed by atoms with Crippen molar-refractivity contribution in [1.82, 2.24) is 4.57 Å². The molecule has 0 aliphatic rings. The summed E-state index contributed by atoms with van der Waals surface area (Å²) in [6.45, 7) is 8.00. The van der Waals surface area contributed by atoms with E-state index >= 15 is 0 Å². The van der Waals surface area contributed by atoms with Crippen LogP contribution in [0.3, 0.4) is 0 Å². The zero-order chi connectivity index (χ0) is 13.8. The summed E-state index contributed by atoms with van der Waals surface area (Å²) in [4.78, 5) is 23.1. The maximum atomic E-state index is 11.6. The zero-order valence-electron chi connectivity index (χ0n) is 11.3. The SMILES string of the molecule is CCCn1cc(NC(=O)OC(C)(C)C)ccc1=O. The van der Waals surface area contributed by atoms with Crippen LogP contribution in [0.15, 0.2) is 23.1 Å². The normalized spacial score (nSPS) is 11.1. The second-order valence-electron chi connectivity index (χ2n) is 5.08. The van der Waals surface area contributed by atoms with E-state index in [2.05, 4.69) is 5.32 Å². The lowest BCUT2D eigenvalue weighted by atomic mass is 10.2. The molecule has 0 saturated carbocycles. The molecule has 1 aromatic heterocycles. The Bertz CT molecular complexity index is 472. The van der Waals surface area contributed by atoms with E-state index in [0.29, 0.717) is 12.2 Å². The van der Waals surface area contributed by atoms with Gasteiger partial charge in [-0.2, -0.15) is 0 Å². The number of carbonyl (C=O) groups excluding carboxylic acids is 1. The summed E-state index contributed by atoms with van der Waals surface area (Å²) >= 11 is 0. The van der Waals surface area contributed by atoms with Crippen LogP contribution in [0.2, 0.25) is 0 Å². The molecule has 0 radical (unpaired) electrons. The molecule has 5 heteroatoms. The first-order valence-electron chi connectivity index (χ1n) is 6.02. The molecular weight excluding hydrogens is 232 g/mol. The van der Waals surface area contributed by atoms with Crippen molar-refractivity contribution in [3.63, 3.8) is 0 Å². The first kappa shape index (κ1) is 14.3. The van der Waals surface area contributed by atoms with Gasteiger partial charge < -0.3 is 9.30 Å². The number of aromatic nitrogens is 1. The van der Waals surface area contributed by atoms with Gasteiger partial charge in [-0.25, -0.2) is 4.79 Å². The first-order valence-corrected chi connectivity index (χ1v) is 6.02. The Kier molecular flexibility index (Phi) is 4.53. The third kappa shape index (κ3) is 4.61. The number of nitrogens with zero attached hydrogens (tertiary/aromatic N) is 1. The van der Waals surface area contributed by atoms with E-state index in [0.717, 1.165) is 6.42 Å². The quantitative estimate of drug-likeness (QED) is 0.899. The molecule has 0 fully saturated rings. The molecule has 0 atom stereocenters. The molecule has 0 aliphatic carbocycles. The van der Waals surface area contributed by atoms with E-state index < -0.39 is 11.7 Å². The number of anilines is 1. The fraction of sp³-hybridized carbons (Fsp3) is 0.538. The number of hydrogen-bond donors (Lipinski definition) is 1. The molecule has 5 nitrogen and oxygen atoms in total. The monoisotopic (exact) mass is 252 g/mol. The fourth-order valence-electron chi connectivity index (χ4n) is 1.44. The Labute approximate surface area is 107 Å². The van der Waals surface area contributed by atoms with Gasteiger partial charge in [0.1, 0.15) is 5.60 Å². The molecule has 100 valence electrons. The lowest BCUT2D eigenvalue weighted by Crippen LogP contribution is -2.28. The van der Waals surface area contributed by atoms with Crippen molar-refractivity contribution in [3.05, 3.63) is 28.7 Å². The first-order chi connectivity index (χ1) is 8.31. The Balaban J connectivity index is 2.76. The van der Waals surface area contributed by atoms with E-state index in [1.54, 1.807) is 37.6 Å². The maximum absolute atomic E-state index is 11.6. The van der Waals surface area contributed by atoms with E-state index in [1.165, 1.54) is 6.07 Å². The largest absolute Gasteiger partial charge is 0.444 e. The summed E-state index contributed by atoms with van der Waals surface area (Å²) in [6.07, 6.45) is 1.95. The van der Waals surface area contributed by atoms with E-state index in [-0.39, 0.29) is 5.56 Å². The number of nitrogens with one attached hydrogen (secondary N) is 1. The van der Waals surface area contributed by atoms with Crippen LogP contribution < -0.4 is 10.9 Å². The zero-order valence-corrected chi connectivity index (χ0v) is 11.3. The van der Waals surface area contributed by atoms with Crippen molar-refractivity contribution in [2.75, 3.05) is 5.32 Å². The van der Waals surface area contributed by atoms with Crippen molar-refractivity contribution in [2.24, 2.45) is 0 Å². The molecule has 1 aromatic rings. The minimum Gasteiger partial charge on any atom is -0.444 e. The maximum Gasteiger partial charge on any atom is 0.412 e. The minimum atomic E-state index is -0.540. The lowest BCUT2D eigenvalue weighted by molar-refractivity contribution is 0.0636. The molecule has 18 heavy (non-hydrogen) atoms. The number of aryl methyl sites for hydroxylation is 1. The molecule has 1 N–H and O–H groups in total. The third-order valence-electron chi connectivity index (χ3n) is 2.09. The molecule has 0 spiro atoms.